The summed E-state index contributed by atoms with van der Waals surface area (Å²) in [6, 6.07) is 0.513. The molecule has 1 atom stereocenters. The van der Waals surface area contributed by atoms with Gasteiger partial charge in [-0.15, -0.1) is 11.3 Å². The first-order valence-electron chi connectivity index (χ1n) is 8.51. The Morgan fingerprint density at radius 3 is 2.65 bits per heavy atom. The van der Waals surface area contributed by atoms with Crippen LogP contribution in [0, 0.1) is 13.8 Å². The van der Waals surface area contributed by atoms with Gasteiger partial charge in [-0.25, -0.2) is 9.97 Å². The number of hydrogen-bond acceptors (Lipinski definition) is 6. The Bertz CT molecular complexity index is 660. The number of likely N-dealkylation sites (N-methyl/N-ethyl adjacent to an activating group) is 1. The van der Waals surface area contributed by atoms with Gasteiger partial charge in [0.15, 0.2) is 0 Å². The first kappa shape index (κ1) is 16.6. The third kappa shape index (κ3) is 3.49. The fourth-order valence-corrected chi connectivity index (χ4v) is 4.21. The van der Waals surface area contributed by atoms with E-state index in [1.165, 1.54) is 28.9 Å². The number of rotatable bonds is 5. The summed E-state index contributed by atoms with van der Waals surface area (Å²) in [6.45, 7) is 15.6. The Labute approximate surface area is 142 Å². The molecule has 0 unspecified atom stereocenters. The lowest BCUT2D eigenvalue weighted by Crippen LogP contribution is -2.51. The van der Waals surface area contributed by atoms with E-state index < -0.39 is 0 Å². The van der Waals surface area contributed by atoms with Gasteiger partial charge in [0.05, 0.1) is 5.39 Å². The lowest BCUT2D eigenvalue weighted by atomic mass is 10.2. The van der Waals surface area contributed by atoms with E-state index in [9.17, 15) is 0 Å². The highest BCUT2D eigenvalue weighted by Crippen LogP contribution is 2.32. The van der Waals surface area contributed by atoms with Crippen molar-refractivity contribution in [2.75, 3.05) is 44.6 Å². The summed E-state index contributed by atoms with van der Waals surface area (Å²) in [5, 5.41) is 4.76. The summed E-state index contributed by atoms with van der Waals surface area (Å²) < 4.78 is 0. The highest BCUT2D eigenvalue weighted by Gasteiger charge is 2.20. The standard InChI is InChI=1S/C17H27N5S/c1-5-21-6-8-22(9-7-21)12(2)10-18-16-15-13(3)14(4)23-17(15)20-11-19-16/h11-12H,5-10H2,1-4H3,(H,18,19,20)/t12-/m1/s1. The molecular weight excluding hydrogens is 306 g/mol. The van der Waals surface area contributed by atoms with Crippen molar-refractivity contribution in [3.05, 3.63) is 16.8 Å². The number of piperazine rings is 1. The number of hydrogen-bond donors (Lipinski definition) is 1. The third-order valence-electron chi connectivity index (χ3n) is 5.01. The number of nitrogens with zero attached hydrogens (tertiary/aromatic N) is 4. The average molecular weight is 334 g/mol. The maximum atomic E-state index is 4.48. The van der Waals surface area contributed by atoms with Crippen LogP contribution in [0.25, 0.3) is 10.2 Å². The van der Waals surface area contributed by atoms with E-state index in [0.717, 1.165) is 36.8 Å². The molecule has 2 aromatic heterocycles. The maximum absolute atomic E-state index is 4.48. The van der Waals surface area contributed by atoms with Crippen molar-refractivity contribution in [3.8, 4) is 0 Å². The monoisotopic (exact) mass is 333 g/mol. The Morgan fingerprint density at radius 2 is 1.96 bits per heavy atom. The van der Waals surface area contributed by atoms with Gasteiger partial charge in [-0.2, -0.15) is 0 Å². The summed E-state index contributed by atoms with van der Waals surface area (Å²) in [7, 11) is 0. The molecule has 126 valence electrons. The minimum Gasteiger partial charge on any atom is -0.368 e. The van der Waals surface area contributed by atoms with Crippen molar-refractivity contribution in [2.45, 2.75) is 33.7 Å². The number of fused-ring (bicyclic) bond motifs is 1. The van der Waals surface area contributed by atoms with Gasteiger partial charge in [-0.05, 0) is 32.9 Å². The molecular formula is C17H27N5S. The summed E-state index contributed by atoms with van der Waals surface area (Å²) in [4.78, 5) is 16.4. The third-order valence-corrected chi connectivity index (χ3v) is 6.12. The Balaban J connectivity index is 1.64. The quantitative estimate of drug-likeness (QED) is 0.911. The first-order valence-corrected chi connectivity index (χ1v) is 9.32. The summed E-state index contributed by atoms with van der Waals surface area (Å²) in [5.74, 6) is 0.982. The van der Waals surface area contributed by atoms with Gasteiger partial charge in [-0.1, -0.05) is 6.92 Å². The SMILES string of the molecule is CCN1CCN([C@H](C)CNc2ncnc3sc(C)c(C)c23)CC1. The number of aryl methyl sites for hydroxylation is 2. The predicted molar refractivity (Wildman–Crippen MR) is 98.5 cm³/mol. The van der Waals surface area contributed by atoms with Gasteiger partial charge >= 0.3 is 0 Å². The van der Waals surface area contributed by atoms with E-state index in [-0.39, 0.29) is 0 Å². The van der Waals surface area contributed by atoms with Crippen molar-refractivity contribution >= 4 is 27.4 Å². The predicted octanol–water partition coefficient (Wildman–Crippen LogP) is 2.75. The number of anilines is 1. The van der Waals surface area contributed by atoms with E-state index >= 15 is 0 Å². The van der Waals surface area contributed by atoms with Gasteiger partial charge in [0.2, 0.25) is 0 Å². The topological polar surface area (TPSA) is 44.3 Å². The Hall–Kier alpha value is -1.24. The maximum Gasteiger partial charge on any atom is 0.138 e. The molecule has 1 aliphatic rings. The molecule has 0 amide bonds. The van der Waals surface area contributed by atoms with Crippen LogP contribution < -0.4 is 5.32 Å². The van der Waals surface area contributed by atoms with E-state index in [2.05, 4.69) is 52.8 Å². The van der Waals surface area contributed by atoms with E-state index in [1.54, 1.807) is 17.7 Å². The molecule has 0 spiro atoms. The molecule has 6 heteroatoms. The summed E-state index contributed by atoms with van der Waals surface area (Å²) in [6.07, 6.45) is 1.67. The van der Waals surface area contributed by atoms with Gasteiger partial charge in [0, 0.05) is 43.6 Å². The zero-order chi connectivity index (χ0) is 16.4. The summed E-state index contributed by atoms with van der Waals surface area (Å²) >= 11 is 1.75. The first-order chi connectivity index (χ1) is 11.1. The Kier molecular flexibility index (Phi) is 5.14. The molecule has 3 rings (SSSR count). The van der Waals surface area contributed by atoms with Crippen LogP contribution in [-0.2, 0) is 0 Å². The number of nitrogens with one attached hydrogen (secondary N) is 1. The normalized spacial score (nSPS) is 18.4. The fraction of sp³-hybridized carbons (Fsp3) is 0.647. The molecule has 23 heavy (non-hydrogen) atoms. The van der Waals surface area contributed by atoms with Gasteiger partial charge in [0.25, 0.3) is 0 Å². The van der Waals surface area contributed by atoms with Crippen molar-refractivity contribution in [1.82, 2.24) is 19.8 Å². The fourth-order valence-electron chi connectivity index (χ4n) is 3.21. The van der Waals surface area contributed by atoms with Crippen LogP contribution in [0.1, 0.15) is 24.3 Å². The zero-order valence-electron chi connectivity index (χ0n) is 14.6. The second kappa shape index (κ2) is 7.11. The van der Waals surface area contributed by atoms with Crippen LogP contribution in [0.4, 0.5) is 5.82 Å². The van der Waals surface area contributed by atoms with Gasteiger partial charge in [0.1, 0.15) is 17.0 Å². The largest absolute Gasteiger partial charge is 0.368 e. The number of aromatic nitrogens is 2. The molecule has 0 saturated carbocycles. The molecule has 1 saturated heterocycles. The molecule has 3 heterocycles. The zero-order valence-corrected chi connectivity index (χ0v) is 15.4. The van der Waals surface area contributed by atoms with E-state index in [0.29, 0.717) is 6.04 Å². The summed E-state index contributed by atoms with van der Waals surface area (Å²) in [5.41, 5.74) is 1.30. The highest BCUT2D eigenvalue weighted by atomic mass is 32.1. The van der Waals surface area contributed by atoms with Crippen molar-refractivity contribution in [1.29, 1.82) is 0 Å². The van der Waals surface area contributed by atoms with Crippen molar-refractivity contribution < 1.29 is 0 Å². The molecule has 5 nitrogen and oxygen atoms in total. The van der Waals surface area contributed by atoms with Crippen LogP contribution in [0.2, 0.25) is 0 Å². The van der Waals surface area contributed by atoms with Crippen LogP contribution in [-0.4, -0.2) is 65.1 Å². The minimum absolute atomic E-state index is 0.513. The van der Waals surface area contributed by atoms with E-state index in [1.807, 2.05) is 0 Å². The second-order valence-electron chi connectivity index (χ2n) is 6.39. The average Bonchev–Trinajstić information content (AvgIpc) is 2.88. The molecule has 1 aliphatic heterocycles. The second-order valence-corrected chi connectivity index (χ2v) is 7.59. The smallest absolute Gasteiger partial charge is 0.138 e. The van der Waals surface area contributed by atoms with Crippen LogP contribution >= 0.6 is 11.3 Å². The van der Waals surface area contributed by atoms with Crippen LogP contribution in [0.3, 0.4) is 0 Å². The van der Waals surface area contributed by atoms with Gasteiger partial charge < -0.3 is 10.2 Å². The number of thiophene rings is 1. The molecule has 1 fully saturated rings. The minimum atomic E-state index is 0.513. The molecule has 0 bridgehead atoms. The molecule has 0 aromatic carbocycles. The van der Waals surface area contributed by atoms with Crippen molar-refractivity contribution in [2.24, 2.45) is 0 Å². The lowest BCUT2D eigenvalue weighted by molar-refractivity contribution is 0.110. The van der Waals surface area contributed by atoms with Crippen molar-refractivity contribution in [3.63, 3.8) is 0 Å². The molecule has 2 aromatic rings. The highest BCUT2D eigenvalue weighted by molar-refractivity contribution is 7.18. The van der Waals surface area contributed by atoms with E-state index in [4.69, 9.17) is 0 Å². The lowest BCUT2D eigenvalue weighted by Gasteiger charge is -2.37. The van der Waals surface area contributed by atoms with Crippen LogP contribution in [0.15, 0.2) is 6.33 Å². The van der Waals surface area contributed by atoms with Crippen LogP contribution in [0.5, 0.6) is 0 Å². The molecule has 0 aliphatic carbocycles. The molecule has 1 N–H and O–H groups in total. The Morgan fingerprint density at radius 1 is 1.22 bits per heavy atom. The molecule has 0 radical (unpaired) electrons. The van der Waals surface area contributed by atoms with Gasteiger partial charge in [-0.3, -0.25) is 4.90 Å².